The number of benzene rings is 1. The fourth-order valence-corrected chi connectivity index (χ4v) is 1.55. The standard InChI is InChI=1S/C11H14ClNO3/c1-13(6-5-12)8-3-4-9(10(14)7-8)11(15)16-2/h3-4,7,14H,5-6H2,1-2H3. The van der Waals surface area contributed by atoms with Crippen LogP contribution in [0.15, 0.2) is 18.2 Å². The van der Waals surface area contributed by atoms with Crippen LogP contribution >= 0.6 is 11.6 Å². The van der Waals surface area contributed by atoms with Crippen molar-refractivity contribution in [3.05, 3.63) is 23.8 Å². The average Bonchev–Trinajstić information content (AvgIpc) is 2.28. The van der Waals surface area contributed by atoms with Crippen LogP contribution in [0.1, 0.15) is 10.4 Å². The Morgan fingerprint density at radius 2 is 2.25 bits per heavy atom. The van der Waals surface area contributed by atoms with E-state index in [1.54, 1.807) is 6.07 Å². The van der Waals surface area contributed by atoms with Crippen LogP contribution in [0, 0.1) is 0 Å². The molecule has 1 aromatic rings. The van der Waals surface area contributed by atoms with E-state index < -0.39 is 5.97 Å². The lowest BCUT2D eigenvalue weighted by atomic mass is 10.1. The number of hydrogen-bond acceptors (Lipinski definition) is 4. The highest BCUT2D eigenvalue weighted by Crippen LogP contribution is 2.24. The normalized spacial score (nSPS) is 9.94. The van der Waals surface area contributed by atoms with Crippen LogP contribution in [0.3, 0.4) is 0 Å². The maximum atomic E-state index is 11.2. The second kappa shape index (κ2) is 5.61. The zero-order valence-electron chi connectivity index (χ0n) is 9.24. The third-order valence-electron chi connectivity index (χ3n) is 2.25. The number of anilines is 1. The van der Waals surface area contributed by atoms with Gasteiger partial charge in [-0.25, -0.2) is 4.79 Å². The summed E-state index contributed by atoms with van der Waals surface area (Å²) in [6.07, 6.45) is 0. The third kappa shape index (κ3) is 2.79. The second-order valence-corrected chi connectivity index (χ2v) is 3.68. The van der Waals surface area contributed by atoms with E-state index in [0.717, 1.165) is 5.69 Å². The van der Waals surface area contributed by atoms with Crippen molar-refractivity contribution in [2.45, 2.75) is 0 Å². The molecule has 0 unspecified atom stereocenters. The second-order valence-electron chi connectivity index (χ2n) is 3.30. The van der Waals surface area contributed by atoms with Gasteiger partial charge in [0.05, 0.1) is 7.11 Å². The molecule has 0 amide bonds. The van der Waals surface area contributed by atoms with Crippen LogP contribution in [-0.2, 0) is 4.74 Å². The maximum Gasteiger partial charge on any atom is 0.341 e. The van der Waals surface area contributed by atoms with Gasteiger partial charge in [-0.2, -0.15) is 0 Å². The number of nitrogens with zero attached hydrogens (tertiary/aromatic N) is 1. The summed E-state index contributed by atoms with van der Waals surface area (Å²) in [4.78, 5) is 13.1. The summed E-state index contributed by atoms with van der Waals surface area (Å²) in [5.74, 6) is -0.148. The van der Waals surface area contributed by atoms with Crippen LogP contribution in [0.2, 0.25) is 0 Å². The first kappa shape index (κ1) is 12.6. The topological polar surface area (TPSA) is 49.8 Å². The number of carbonyl (C=O) groups is 1. The van der Waals surface area contributed by atoms with Crippen LogP contribution in [-0.4, -0.2) is 37.7 Å². The van der Waals surface area contributed by atoms with Crippen LogP contribution in [0.4, 0.5) is 5.69 Å². The number of hydrogen-bond donors (Lipinski definition) is 1. The molecule has 0 saturated carbocycles. The molecule has 1 aromatic carbocycles. The Morgan fingerprint density at radius 3 is 2.75 bits per heavy atom. The first-order valence-electron chi connectivity index (χ1n) is 4.78. The van der Waals surface area contributed by atoms with E-state index >= 15 is 0 Å². The molecule has 0 aliphatic rings. The molecule has 16 heavy (non-hydrogen) atoms. The van der Waals surface area contributed by atoms with Crippen molar-refractivity contribution in [3.8, 4) is 5.75 Å². The number of halogens is 1. The molecule has 0 heterocycles. The van der Waals surface area contributed by atoms with Crippen molar-refractivity contribution in [1.29, 1.82) is 0 Å². The Bertz CT molecular complexity index is 381. The van der Waals surface area contributed by atoms with Gasteiger partial charge < -0.3 is 14.7 Å². The third-order valence-corrected chi connectivity index (χ3v) is 2.42. The Balaban J connectivity index is 2.94. The Labute approximate surface area is 99.4 Å². The molecule has 0 radical (unpaired) electrons. The van der Waals surface area contributed by atoms with Crippen molar-refractivity contribution in [2.75, 3.05) is 31.5 Å². The highest BCUT2D eigenvalue weighted by molar-refractivity contribution is 6.18. The molecule has 0 atom stereocenters. The maximum absolute atomic E-state index is 11.2. The minimum atomic E-state index is -0.552. The number of methoxy groups -OCH3 is 1. The molecule has 0 aromatic heterocycles. The smallest absolute Gasteiger partial charge is 0.341 e. The van der Waals surface area contributed by atoms with Crippen LogP contribution in [0.25, 0.3) is 0 Å². The number of rotatable bonds is 4. The van der Waals surface area contributed by atoms with E-state index in [9.17, 15) is 9.90 Å². The molecule has 0 saturated heterocycles. The predicted octanol–water partition coefficient (Wildman–Crippen LogP) is 1.85. The monoisotopic (exact) mass is 243 g/mol. The summed E-state index contributed by atoms with van der Waals surface area (Å²) in [6.45, 7) is 0.665. The summed E-state index contributed by atoms with van der Waals surface area (Å²) in [6, 6.07) is 4.78. The van der Waals surface area contributed by atoms with Gasteiger partial charge in [0.1, 0.15) is 11.3 Å². The van der Waals surface area contributed by atoms with Crippen molar-refractivity contribution < 1.29 is 14.6 Å². The van der Waals surface area contributed by atoms with E-state index in [0.29, 0.717) is 12.4 Å². The zero-order valence-corrected chi connectivity index (χ0v) is 9.99. The van der Waals surface area contributed by atoms with Gasteiger partial charge in [-0.1, -0.05) is 0 Å². The summed E-state index contributed by atoms with van der Waals surface area (Å²) >= 11 is 5.61. The molecule has 4 nitrogen and oxygen atoms in total. The van der Waals surface area contributed by atoms with Crippen LogP contribution in [0.5, 0.6) is 5.75 Å². The summed E-state index contributed by atoms with van der Waals surface area (Å²) in [7, 11) is 3.13. The largest absolute Gasteiger partial charge is 0.507 e. The lowest BCUT2D eigenvalue weighted by molar-refractivity contribution is 0.0597. The first-order valence-corrected chi connectivity index (χ1v) is 5.32. The van der Waals surface area contributed by atoms with Gasteiger partial charge in [-0.05, 0) is 12.1 Å². The molecular weight excluding hydrogens is 230 g/mol. The fourth-order valence-electron chi connectivity index (χ4n) is 1.30. The molecular formula is C11H14ClNO3. The van der Waals surface area contributed by atoms with Gasteiger partial charge in [0.2, 0.25) is 0 Å². The van der Waals surface area contributed by atoms with E-state index in [4.69, 9.17) is 11.6 Å². The number of phenolic OH excluding ortho intramolecular Hbond substituents is 1. The van der Waals surface area contributed by atoms with Crippen molar-refractivity contribution in [1.82, 2.24) is 0 Å². The molecule has 5 heteroatoms. The lowest BCUT2D eigenvalue weighted by Crippen LogP contribution is -2.19. The number of aromatic hydroxyl groups is 1. The minimum absolute atomic E-state index is 0.0919. The predicted molar refractivity (Wildman–Crippen MR) is 63.4 cm³/mol. The first-order chi connectivity index (χ1) is 7.60. The minimum Gasteiger partial charge on any atom is -0.507 e. The van der Waals surface area contributed by atoms with E-state index in [-0.39, 0.29) is 11.3 Å². The van der Waals surface area contributed by atoms with Gasteiger partial charge in [0.15, 0.2) is 0 Å². The number of ether oxygens (including phenoxy) is 1. The summed E-state index contributed by atoms with van der Waals surface area (Å²) < 4.78 is 4.53. The Kier molecular flexibility index (Phi) is 4.43. The number of alkyl halides is 1. The van der Waals surface area contributed by atoms with Gasteiger partial charge in [0.25, 0.3) is 0 Å². The van der Waals surface area contributed by atoms with Crippen molar-refractivity contribution in [3.63, 3.8) is 0 Å². The number of esters is 1. The fraction of sp³-hybridized carbons (Fsp3) is 0.364. The SMILES string of the molecule is COC(=O)c1ccc(N(C)CCCl)cc1O. The number of phenols is 1. The highest BCUT2D eigenvalue weighted by atomic mass is 35.5. The lowest BCUT2D eigenvalue weighted by Gasteiger charge is -2.18. The van der Waals surface area contributed by atoms with E-state index in [1.165, 1.54) is 19.2 Å². The summed E-state index contributed by atoms with van der Waals surface area (Å²) in [5.41, 5.74) is 0.955. The number of carbonyl (C=O) groups excluding carboxylic acids is 1. The molecule has 0 bridgehead atoms. The molecule has 1 N–H and O–H groups in total. The zero-order chi connectivity index (χ0) is 12.1. The molecule has 1 rings (SSSR count). The van der Waals surface area contributed by atoms with Gasteiger partial charge in [0, 0.05) is 31.2 Å². The molecule has 0 aliphatic heterocycles. The van der Waals surface area contributed by atoms with Gasteiger partial charge in [-0.3, -0.25) is 0 Å². The molecule has 0 spiro atoms. The van der Waals surface area contributed by atoms with E-state index in [2.05, 4.69) is 4.74 Å². The van der Waals surface area contributed by atoms with Crippen molar-refractivity contribution >= 4 is 23.3 Å². The Hall–Kier alpha value is -1.42. The quantitative estimate of drug-likeness (QED) is 0.648. The molecule has 0 aliphatic carbocycles. The van der Waals surface area contributed by atoms with Gasteiger partial charge >= 0.3 is 5.97 Å². The van der Waals surface area contributed by atoms with Crippen molar-refractivity contribution in [2.24, 2.45) is 0 Å². The van der Waals surface area contributed by atoms with Crippen LogP contribution < -0.4 is 4.90 Å². The molecule has 88 valence electrons. The van der Waals surface area contributed by atoms with Gasteiger partial charge in [-0.15, -0.1) is 11.6 Å². The average molecular weight is 244 g/mol. The molecule has 0 fully saturated rings. The summed E-state index contributed by atoms with van der Waals surface area (Å²) in [5, 5.41) is 9.65. The highest BCUT2D eigenvalue weighted by Gasteiger charge is 2.12. The Morgan fingerprint density at radius 1 is 1.56 bits per heavy atom. The van der Waals surface area contributed by atoms with E-state index in [1.807, 2.05) is 11.9 Å².